The van der Waals surface area contributed by atoms with Crippen molar-refractivity contribution in [1.82, 2.24) is 0 Å². The SMILES string of the molecule is COc1ccc(-c2ccc3c(c2)C(=O)CCC3)cc1F. The molecule has 0 aliphatic heterocycles. The molecule has 20 heavy (non-hydrogen) atoms. The van der Waals surface area contributed by atoms with Crippen LogP contribution < -0.4 is 4.74 Å². The van der Waals surface area contributed by atoms with Crippen molar-refractivity contribution in [3.05, 3.63) is 53.3 Å². The highest BCUT2D eigenvalue weighted by Gasteiger charge is 2.17. The number of aryl methyl sites for hydroxylation is 1. The summed E-state index contributed by atoms with van der Waals surface area (Å²) in [4.78, 5) is 11.9. The summed E-state index contributed by atoms with van der Waals surface area (Å²) in [5.41, 5.74) is 3.49. The maximum atomic E-state index is 13.8. The van der Waals surface area contributed by atoms with Gasteiger partial charge >= 0.3 is 0 Å². The van der Waals surface area contributed by atoms with Gasteiger partial charge in [0.15, 0.2) is 17.3 Å². The van der Waals surface area contributed by atoms with Crippen LogP contribution in [0.4, 0.5) is 4.39 Å². The predicted molar refractivity (Wildman–Crippen MR) is 75.7 cm³/mol. The minimum absolute atomic E-state index is 0.182. The lowest BCUT2D eigenvalue weighted by atomic mass is 9.88. The van der Waals surface area contributed by atoms with E-state index in [1.165, 1.54) is 13.2 Å². The summed E-state index contributed by atoms with van der Waals surface area (Å²) in [7, 11) is 1.44. The molecule has 2 aromatic rings. The Bertz CT molecular complexity index is 677. The molecule has 1 aliphatic rings. The lowest BCUT2D eigenvalue weighted by Gasteiger charge is -2.16. The Kier molecular flexibility index (Phi) is 3.26. The molecule has 3 rings (SSSR count). The highest BCUT2D eigenvalue weighted by atomic mass is 19.1. The van der Waals surface area contributed by atoms with E-state index in [9.17, 15) is 9.18 Å². The molecule has 0 bridgehead atoms. The van der Waals surface area contributed by atoms with E-state index in [4.69, 9.17) is 4.74 Å². The molecule has 0 heterocycles. The molecule has 0 amide bonds. The van der Waals surface area contributed by atoms with Gasteiger partial charge in [-0.25, -0.2) is 4.39 Å². The van der Waals surface area contributed by atoms with Crippen molar-refractivity contribution in [2.45, 2.75) is 19.3 Å². The van der Waals surface area contributed by atoms with Crippen LogP contribution in [0.2, 0.25) is 0 Å². The summed E-state index contributed by atoms with van der Waals surface area (Å²) >= 11 is 0. The van der Waals surface area contributed by atoms with Gasteiger partial charge in [0.1, 0.15) is 0 Å². The second-order valence-electron chi connectivity index (χ2n) is 5.00. The second kappa shape index (κ2) is 5.08. The Balaban J connectivity index is 2.04. The Labute approximate surface area is 117 Å². The molecule has 0 unspecified atom stereocenters. The Morgan fingerprint density at radius 3 is 2.55 bits per heavy atom. The van der Waals surface area contributed by atoms with Crippen LogP contribution in [-0.4, -0.2) is 12.9 Å². The van der Waals surface area contributed by atoms with Crippen molar-refractivity contribution in [3.63, 3.8) is 0 Å². The second-order valence-corrected chi connectivity index (χ2v) is 5.00. The van der Waals surface area contributed by atoms with Crippen LogP contribution in [0.5, 0.6) is 5.75 Å². The minimum atomic E-state index is -0.394. The van der Waals surface area contributed by atoms with Gasteiger partial charge < -0.3 is 4.74 Å². The lowest BCUT2D eigenvalue weighted by Crippen LogP contribution is -2.10. The molecule has 0 atom stereocenters. The minimum Gasteiger partial charge on any atom is -0.494 e. The molecule has 0 saturated carbocycles. The van der Waals surface area contributed by atoms with Gasteiger partial charge in [0.25, 0.3) is 0 Å². The molecular weight excluding hydrogens is 255 g/mol. The number of benzene rings is 2. The van der Waals surface area contributed by atoms with Gasteiger partial charge in [0.2, 0.25) is 0 Å². The smallest absolute Gasteiger partial charge is 0.165 e. The number of Topliss-reactive ketones (excluding diaryl/α,β-unsaturated/α-hetero) is 1. The van der Waals surface area contributed by atoms with Gasteiger partial charge in [0.05, 0.1) is 7.11 Å². The van der Waals surface area contributed by atoms with Gasteiger partial charge in [-0.05, 0) is 47.7 Å². The molecule has 0 spiro atoms. The lowest BCUT2D eigenvalue weighted by molar-refractivity contribution is 0.0972. The summed E-state index contributed by atoms with van der Waals surface area (Å²) in [6, 6.07) is 10.6. The van der Waals surface area contributed by atoms with E-state index in [1.807, 2.05) is 18.2 Å². The summed E-state index contributed by atoms with van der Waals surface area (Å²) in [5, 5.41) is 0. The van der Waals surface area contributed by atoms with Crippen LogP contribution in [0.3, 0.4) is 0 Å². The molecule has 0 N–H and O–H groups in total. The molecule has 0 fully saturated rings. The molecule has 3 heteroatoms. The number of ether oxygens (including phenoxy) is 1. The van der Waals surface area contributed by atoms with Crippen molar-refractivity contribution in [1.29, 1.82) is 0 Å². The summed E-state index contributed by atoms with van der Waals surface area (Å²) in [6.45, 7) is 0. The van der Waals surface area contributed by atoms with Gasteiger partial charge in [0, 0.05) is 12.0 Å². The number of hydrogen-bond acceptors (Lipinski definition) is 2. The predicted octanol–water partition coefficient (Wildman–Crippen LogP) is 4.02. The number of hydrogen-bond donors (Lipinski definition) is 0. The highest BCUT2D eigenvalue weighted by Crippen LogP contribution is 2.29. The first-order valence-electron chi connectivity index (χ1n) is 6.69. The largest absolute Gasteiger partial charge is 0.494 e. The van der Waals surface area contributed by atoms with Gasteiger partial charge in [-0.2, -0.15) is 0 Å². The number of fused-ring (bicyclic) bond motifs is 1. The third-order valence-electron chi connectivity index (χ3n) is 3.75. The van der Waals surface area contributed by atoms with Crippen LogP contribution in [-0.2, 0) is 6.42 Å². The van der Waals surface area contributed by atoms with E-state index < -0.39 is 5.82 Å². The fourth-order valence-corrected chi connectivity index (χ4v) is 2.65. The van der Waals surface area contributed by atoms with Crippen molar-refractivity contribution in [2.75, 3.05) is 7.11 Å². The monoisotopic (exact) mass is 270 g/mol. The molecule has 102 valence electrons. The summed E-state index contributed by atoms with van der Waals surface area (Å²) in [5.74, 6) is 0.0129. The van der Waals surface area contributed by atoms with Gasteiger partial charge in [-0.1, -0.05) is 18.2 Å². The van der Waals surface area contributed by atoms with E-state index >= 15 is 0 Å². The fraction of sp³-hybridized carbons (Fsp3) is 0.235. The van der Waals surface area contributed by atoms with Crippen LogP contribution in [0, 0.1) is 5.82 Å². The molecular formula is C17H15FO2. The third kappa shape index (κ3) is 2.20. The summed E-state index contributed by atoms with van der Waals surface area (Å²) in [6.07, 6.45) is 2.47. The van der Waals surface area contributed by atoms with Gasteiger partial charge in [-0.15, -0.1) is 0 Å². The number of methoxy groups -OCH3 is 1. The molecule has 2 aromatic carbocycles. The quantitative estimate of drug-likeness (QED) is 0.823. The Morgan fingerprint density at radius 2 is 1.80 bits per heavy atom. The third-order valence-corrected chi connectivity index (χ3v) is 3.75. The number of carbonyl (C=O) groups is 1. The van der Waals surface area contributed by atoms with Crippen LogP contribution in [0.25, 0.3) is 11.1 Å². The van der Waals surface area contributed by atoms with E-state index in [1.54, 1.807) is 12.1 Å². The fourth-order valence-electron chi connectivity index (χ4n) is 2.65. The number of ketones is 1. The topological polar surface area (TPSA) is 26.3 Å². The first-order valence-corrected chi connectivity index (χ1v) is 6.69. The van der Waals surface area contributed by atoms with Crippen LogP contribution in [0.1, 0.15) is 28.8 Å². The number of carbonyl (C=O) groups excluding carboxylic acids is 1. The maximum Gasteiger partial charge on any atom is 0.165 e. The Morgan fingerprint density at radius 1 is 1.05 bits per heavy atom. The van der Waals surface area contributed by atoms with Crippen molar-refractivity contribution in [2.24, 2.45) is 0 Å². The van der Waals surface area contributed by atoms with Crippen LogP contribution in [0.15, 0.2) is 36.4 Å². The average Bonchev–Trinajstić information content (AvgIpc) is 2.47. The van der Waals surface area contributed by atoms with Crippen LogP contribution >= 0.6 is 0 Å². The summed E-state index contributed by atoms with van der Waals surface area (Å²) < 4.78 is 18.7. The molecule has 0 saturated heterocycles. The number of rotatable bonds is 2. The maximum absolute atomic E-state index is 13.8. The molecule has 0 radical (unpaired) electrons. The standard InChI is InChI=1S/C17H15FO2/c1-20-17-8-7-13(10-15(17)18)12-6-5-11-3-2-4-16(19)14(11)9-12/h5-10H,2-4H2,1H3. The van der Waals surface area contributed by atoms with Crippen molar-refractivity contribution >= 4 is 5.78 Å². The zero-order valence-electron chi connectivity index (χ0n) is 11.3. The van der Waals surface area contributed by atoms with E-state index in [0.717, 1.165) is 35.1 Å². The zero-order valence-corrected chi connectivity index (χ0v) is 11.3. The van der Waals surface area contributed by atoms with Crippen molar-refractivity contribution in [3.8, 4) is 16.9 Å². The van der Waals surface area contributed by atoms with Crippen molar-refractivity contribution < 1.29 is 13.9 Å². The van der Waals surface area contributed by atoms with E-state index in [2.05, 4.69) is 0 Å². The van der Waals surface area contributed by atoms with E-state index in [0.29, 0.717) is 6.42 Å². The normalized spacial score (nSPS) is 14.0. The first kappa shape index (κ1) is 12.9. The molecule has 0 aromatic heterocycles. The van der Waals surface area contributed by atoms with E-state index in [-0.39, 0.29) is 11.5 Å². The molecule has 2 nitrogen and oxygen atoms in total. The molecule has 1 aliphatic carbocycles. The highest BCUT2D eigenvalue weighted by molar-refractivity contribution is 5.99. The Hall–Kier alpha value is -2.16. The average molecular weight is 270 g/mol. The first-order chi connectivity index (χ1) is 9.69. The van der Waals surface area contributed by atoms with Gasteiger partial charge in [-0.3, -0.25) is 4.79 Å². The number of halogens is 1. The zero-order chi connectivity index (χ0) is 14.1.